The Labute approximate surface area is 552 Å². The summed E-state index contributed by atoms with van der Waals surface area (Å²) in [6.45, 7) is 4.92. The number of carboxylic acids is 1. The van der Waals surface area contributed by atoms with Crippen LogP contribution in [-0.4, -0.2) is 87.4 Å². The number of carboxylic acid groups (broad SMARTS) is 1. The number of aliphatic carboxylic acids is 1. The number of hydrogen-bond donors (Lipinski definition) is 1. The zero-order valence-corrected chi connectivity index (χ0v) is 59.6. The average molecular weight is 1250 g/mol. The summed E-state index contributed by atoms with van der Waals surface area (Å²) in [6.07, 6.45) is 90.7. The third-order valence-corrected chi connectivity index (χ3v) is 17.2. The lowest BCUT2D eigenvalue weighted by Gasteiger charge is -2.25. The molecule has 0 bridgehead atoms. The first-order valence-corrected chi connectivity index (χ1v) is 38.5. The van der Waals surface area contributed by atoms with E-state index in [4.69, 9.17) is 18.9 Å². The lowest BCUT2D eigenvalue weighted by atomic mass is 10.0. The molecular formula is C80H148NO8+. The van der Waals surface area contributed by atoms with Crippen LogP contribution in [0.4, 0.5) is 0 Å². The van der Waals surface area contributed by atoms with E-state index in [0.717, 1.165) is 57.8 Å². The van der Waals surface area contributed by atoms with E-state index in [2.05, 4.69) is 74.6 Å². The monoisotopic (exact) mass is 1250 g/mol. The summed E-state index contributed by atoms with van der Waals surface area (Å²) in [5.41, 5.74) is 0. The standard InChI is InChI=1S/C80H147NO8/c1-6-8-10-12-14-16-18-20-22-24-26-28-30-32-34-36-38-39-41-43-45-47-49-51-53-55-57-59-61-63-65-67-69-71-78(83)89-76(75-88-80(79(84)85)86-73-72-81(3,4)5)74-87-77(82)70-68-66-64-62-60-58-56-54-52-50-48-46-44-42-40-37-35-33-31-29-27-25-23-21-19-17-15-13-11-9-7-2/h18-21,24-27,30,32,76,80H,6-17,22-23,28-29,31,33-75H2,1-5H3/p+1/b20-18-,21-19-,26-24-,27-25-,32-30-. The van der Waals surface area contributed by atoms with Crippen LogP contribution in [0.25, 0.3) is 0 Å². The first kappa shape index (κ1) is 86.0. The average Bonchev–Trinajstić information content (AvgIpc) is 3.64. The van der Waals surface area contributed by atoms with Gasteiger partial charge in [-0.05, 0) is 83.5 Å². The third-order valence-electron chi connectivity index (χ3n) is 17.2. The Hall–Kier alpha value is -3.01. The van der Waals surface area contributed by atoms with Crippen LogP contribution >= 0.6 is 0 Å². The summed E-state index contributed by atoms with van der Waals surface area (Å²) >= 11 is 0. The van der Waals surface area contributed by atoms with E-state index in [1.54, 1.807) is 0 Å². The molecule has 0 aliphatic heterocycles. The molecule has 0 saturated heterocycles. The number of allylic oxidation sites excluding steroid dienone is 10. The summed E-state index contributed by atoms with van der Waals surface area (Å²) < 4.78 is 23.0. The molecule has 9 heteroatoms. The van der Waals surface area contributed by atoms with Gasteiger partial charge in [-0.1, -0.05) is 338 Å². The molecule has 0 aromatic carbocycles. The van der Waals surface area contributed by atoms with Crippen LogP contribution in [0.1, 0.15) is 373 Å². The van der Waals surface area contributed by atoms with Gasteiger partial charge in [-0.3, -0.25) is 9.59 Å². The van der Waals surface area contributed by atoms with Crippen molar-refractivity contribution in [1.29, 1.82) is 0 Å². The van der Waals surface area contributed by atoms with E-state index in [1.165, 1.54) is 289 Å². The minimum atomic E-state index is -1.51. The smallest absolute Gasteiger partial charge is 0.361 e. The van der Waals surface area contributed by atoms with Crippen molar-refractivity contribution in [3.63, 3.8) is 0 Å². The van der Waals surface area contributed by atoms with Crippen LogP contribution < -0.4 is 0 Å². The molecule has 520 valence electrons. The van der Waals surface area contributed by atoms with Crippen LogP contribution in [0.5, 0.6) is 0 Å². The number of rotatable bonds is 72. The van der Waals surface area contributed by atoms with Gasteiger partial charge in [0.15, 0.2) is 6.10 Å². The van der Waals surface area contributed by atoms with Crippen molar-refractivity contribution in [2.24, 2.45) is 0 Å². The van der Waals surface area contributed by atoms with Crippen LogP contribution in [0.15, 0.2) is 60.8 Å². The minimum absolute atomic E-state index is 0.178. The van der Waals surface area contributed by atoms with Gasteiger partial charge in [-0.15, -0.1) is 0 Å². The highest BCUT2D eigenvalue weighted by Gasteiger charge is 2.25. The summed E-state index contributed by atoms with van der Waals surface area (Å²) in [7, 11) is 5.99. The van der Waals surface area contributed by atoms with Gasteiger partial charge in [0.2, 0.25) is 0 Å². The normalized spacial score (nSPS) is 13.0. The Kier molecular flexibility index (Phi) is 68.5. The first-order chi connectivity index (χ1) is 43.6. The fourth-order valence-corrected chi connectivity index (χ4v) is 11.4. The van der Waals surface area contributed by atoms with Crippen molar-refractivity contribution in [3.8, 4) is 0 Å². The van der Waals surface area contributed by atoms with Gasteiger partial charge in [-0.2, -0.15) is 0 Å². The summed E-state index contributed by atoms with van der Waals surface area (Å²) in [5, 5.41) is 9.77. The maximum atomic E-state index is 13.0. The van der Waals surface area contributed by atoms with E-state index in [0.29, 0.717) is 17.4 Å². The zero-order valence-electron chi connectivity index (χ0n) is 59.6. The maximum absolute atomic E-state index is 13.0. The van der Waals surface area contributed by atoms with Gasteiger partial charge in [0, 0.05) is 12.8 Å². The van der Waals surface area contributed by atoms with Crippen LogP contribution in [0, 0.1) is 0 Å². The van der Waals surface area contributed by atoms with Crippen molar-refractivity contribution in [1.82, 2.24) is 0 Å². The van der Waals surface area contributed by atoms with Crippen molar-refractivity contribution < 1.29 is 42.9 Å². The van der Waals surface area contributed by atoms with Crippen molar-refractivity contribution in [3.05, 3.63) is 60.8 Å². The summed E-state index contributed by atoms with van der Waals surface area (Å²) in [4.78, 5) is 37.7. The second-order valence-electron chi connectivity index (χ2n) is 27.3. The van der Waals surface area contributed by atoms with Gasteiger partial charge >= 0.3 is 17.9 Å². The topological polar surface area (TPSA) is 108 Å². The van der Waals surface area contributed by atoms with E-state index >= 15 is 0 Å². The highest BCUT2D eigenvalue weighted by molar-refractivity contribution is 5.71. The quantitative estimate of drug-likeness (QED) is 0.0211. The predicted octanol–water partition coefficient (Wildman–Crippen LogP) is 24.3. The fraction of sp³-hybridized carbons (Fsp3) is 0.838. The molecule has 0 amide bonds. The highest BCUT2D eigenvalue weighted by Crippen LogP contribution is 2.19. The molecule has 0 spiro atoms. The fourth-order valence-electron chi connectivity index (χ4n) is 11.4. The molecule has 0 fully saturated rings. The highest BCUT2D eigenvalue weighted by atomic mass is 16.7. The lowest BCUT2D eigenvalue weighted by molar-refractivity contribution is -0.870. The number of nitrogens with zero attached hydrogens (tertiary/aromatic N) is 1. The number of unbranched alkanes of at least 4 members (excludes halogenated alkanes) is 47. The van der Waals surface area contributed by atoms with Gasteiger partial charge < -0.3 is 28.5 Å². The Morgan fingerprint density at radius 1 is 0.337 bits per heavy atom. The molecule has 89 heavy (non-hydrogen) atoms. The van der Waals surface area contributed by atoms with E-state index < -0.39 is 18.4 Å². The number of carbonyl (C=O) groups is 3. The number of likely N-dealkylation sites (N-methyl/N-ethyl adjacent to an activating group) is 1. The maximum Gasteiger partial charge on any atom is 0.361 e. The van der Waals surface area contributed by atoms with Crippen molar-refractivity contribution >= 4 is 17.9 Å². The first-order valence-electron chi connectivity index (χ1n) is 38.5. The van der Waals surface area contributed by atoms with Gasteiger partial charge in [0.25, 0.3) is 6.29 Å². The zero-order chi connectivity index (χ0) is 64.7. The minimum Gasteiger partial charge on any atom is -0.477 e. The van der Waals surface area contributed by atoms with Crippen molar-refractivity contribution in [2.45, 2.75) is 386 Å². The number of hydrogen-bond acceptors (Lipinski definition) is 7. The second-order valence-corrected chi connectivity index (χ2v) is 27.3. The van der Waals surface area contributed by atoms with Gasteiger partial charge in [0.05, 0.1) is 34.4 Å². The number of carbonyl (C=O) groups excluding carboxylic acids is 2. The Morgan fingerprint density at radius 3 is 0.899 bits per heavy atom. The van der Waals surface area contributed by atoms with E-state index in [1.807, 2.05) is 21.1 Å². The molecule has 0 aromatic rings. The molecule has 0 aliphatic carbocycles. The molecule has 2 unspecified atom stereocenters. The molecule has 0 aliphatic rings. The predicted molar refractivity (Wildman–Crippen MR) is 383 cm³/mol. The molecule has 0 heterocycles. The molecule has 0 rings (SSSR count). The Morgan fingerprint density at radius 2 is 0.607 bits per heavy atom. The van der Waals surface area contributed by atoms with Gasteiger partial charge in [0.1, 0.15) is 13.2 Å². The Balaban J connectivity index is 4.02. The summed E-state index contributed by atoms with van der Waals surface area (Å²) in [6, 6.07) is 0. The molecule has 9 nitrogen and oxygen atoms in total. The molecule has 0 radical (unpaired) electrons. The van der Waals surface area contributed by atoms with Crippen LogP contribution in [0.3, 0.4) is 0 Å². The second kappa shape index (κ2) is 70.9. The summed E-state index contributed by atoms with van der Waals surface area (Å²) in [5.74, 6) is -1.98. The van der Waals surface area contributed by atoms with E-state index in [-0.39, 0.29) is 38.2 Å². The largest absolute Gasteiger partial charge is 0.477 e. The van der Waals surface area contributed by atoms with Gasteiger partial charge in [-0.25, -0.2) is 4.79 Å². The molecular weight excluding hydrogens is 1100 g/mol. The lowest BCUT2D eigenvalue weighted by Crippen LogP contribution is -2.40. The SMILES string of the molecule is CCCCCCC/C=C\C/C=C\C/C=C\CCCCCCCCCCCCCCCCCCCCC(=O)OC(COC(=O)CCCCCCCCCCCCCCCCCCCCC/C=C\C/C=C\CCCCCCC)COC(OCC[N+](C)(C)C)C(=O)O. The third kappa shape index (κ3) is 72.3. The molecule has 2 atom stereocenters. The number of ether oxygens (including phenoxy) is 4. The van der Waals surface area contributed by atoms with Crippen LogP contribution in [-0.2, 0) is 33.3 Å². The molecule has 0 saturated carbocycles. The Bertz CT molecular complexity index is 1650. The molecule has 1 N–H and O–H groups in total. The number of esters is 2. The molecule has 0 aromatic heterocycles. The number of quaternary nitrogens is 1. The van der Waals surface area contributed by atoms with Crippen LogP contribution in [0.2, 0.25) is 0 Å². The van der Waals surface area contributed by atoms with Crippen molar-refractivity contribution in [2.75, 3.05) is 47.5 Å². The van der Waals surface area contributed by atoms with E-state index in [9.17, 15) is 19.5 Å².